The molecule has 1 N–H and O–H groups in total. The molecule has 1 saturated carbocycles. The van der Waals surface area contributed by atoms with Crippen LogP contribution < -0.4 is 4.74 Å². The van der Waals surface area contributed by atoms with Crippen LogP contribution in [-0.2, 0) is 6.61 Å². The Morgan fingerprint density at radius 2 is 2.21 bits per heavy atom. The lowest BCUT2D eigenvalue weighted by molar-refractivity contribution is 0.280. The van der Waals surface area contributed by atoms with Crippen molar-refractivity contribution < 1.29 is 9.84 Å². The predicted octanol–water partition coefficient (Wildman–Crippen LogP) is 2.73. The van der Waals surface area contributed by atoms with Gasteiger partial charge < -0.3 is 9.84 Å². The van der Waals surface area contributed by atoms with Gasteiger partial charge in [0.05, 0.1) is 17.7 Å². The summed E-state index contributed by atoms with van der Waals surface area (Å²) in [5.74, 6) is 1.63. The summed E-state index contributed by atoms with van der Waals surface area (Å²) in [5.41, 5.74) is 0.899. The highest BCUT2D eigenvalue weighted by molar-refractivity contribution is 9.10. The first-order valence-electron chi connectivity index (χ1n) is 4.81. The monoisotopic (exact) mass is 256 g/mol. The number of rotatable bonds is 4. The zero-order chi connectivity index (χ0) is 9.97. The molecule has 2 nitrogen and oxygen atoms in total. The lowest BCUT2D eigenvalue weighted by atomic mass is 10.2. The third-order valence-electron chi connectivity index (χ3n) is 2.35. The van der Waals surface area contributed by atoms with Crippen molar-refractivity contribution in [3.63, 3.8) is 0 Å². The minimum atomic E-state index is 0.0709. The van der Waals surface area contributed by atoms with Gasteiger partial charge in [-0.15, -0.1) is 0 Å². The first kappa shape index (κ1) is 9.99. The van der Waals surface area contributed by atoms with E-state index in [0.29, 0.717) is 0 Å². The quantitative estimate of drug-likeness (QED) is 0.898. The molecule has 1 aliphatic rings. The molecule has 1 aromatic carbocycles. The maximum absolute atomic E-state index is 8.92. The number of halogens is 1. The van der Waals surface area contributed by atoms with Crippen molar-refractivity contribution in [3.05, 3.63) is 28.2 Å². The second kappa shape index (κ2) is 4.32. The van der Waals surface area contributed by atoms with E-state index in [2.05, 4.69) is 15.9 Å². The van der Waals surface area contributed by atoms with Crippen LogP contribution in [0.5, 0.6) is 5.75 Å². The SMILES string of the molecule is OCc1ccc(OCC2CC2)c(Br)c1. The van der Waals surface area contributed by atoms with Crippen molar-refractivity contribution >= 4 is 15.9 Å². The van der Waals surface area contributed by atoms with Crippen LogP contribution in [0.15, 0.2) is 22.7 Å². The van der Waals surface area contributed by atoms with E-state index in [-0.39, 0.29) is 6.61 Å². The van der Waals surface area contributed by atoms with E-state index >= 15 is 0 Å². The summed E-state index contributed by atoms with van der Waals surface area (Å²) >= 11 is 3.42. The molecule has 0 aromatic heterocycles. The topological polar surface area (TPSA) is 29.5 Å². The molecule has 2 rings (SSSR count). The fraction of sp³-hybridized carbons (Fsp3) is 0.455. The number of benzene rings is 1. The lowest BCUT2D eigenvalue weighted by Gasteiger charge is -2.08. The molecule has 1 aliphatic carbocycles. The molecule has 76 valence electrons. The van der Waals surface area contributed by atoms with Crippen LogP contribution in [0.3, 0.4) is 0 Å². The Labute approximate surface area is 92.0 Å². The number of aliphatic hydroxyl groups is 1. The Kier molecular flexibility index (Phi) is 3.08. The van der Waals surface area contributed by atoms with Crippen molar-refractivity contribution in [2.45, 2.75) is 19.4 Å². The fourth-order valence-corrected chi connectivity index (χ4v) is 1.79. The lowest BCUT2D eigenvalue weighted by Crippen LogP contribution is -1.99. The highest BCUT2D eigenvalue weighted by Crippen LogP contribution is 2.32. The Morgan fingerprint density at radius 3 is 2.79 bits per heavy atom. The van der Waals surface area contributed by atoms with Crippen LogP contribution in [0.25, 0.3) is 0 Å². The first-order valence-corrected chi connectivity index (χ1v) is 5.61. The van der Waals surface area contributed by atoms with Gasteiger partial charge in [-0.05, 0) is 52.4 Å². The average Bonchev–Trinajstić information content (AvgIpc) is 2.99. The molecule has 3 heteroatoms. The van der Waals surface area contributed by atoms with Crippen molar-refractivity contribution in [1.29, 1.82) is 0 Å². The molecule has 14 heavy (non-hydrogen) atoms. The molecule has 0 radical (unpaired) electrons. The van der Waals surface area contributed by atoms with Gasteiger partial charge in [-0.25, -0.2) is 0 Å². The zero-order valence-corrected chi connectivity index (χ0v) is 9.46. The number of ether oxygens (including phenoxy) is 1. The van der Waals surface area contributed by atoms with Gasteiger partial charge in [-0.2, -0.15) is 0 Å². The highest BCUT2D eigenvalue weighted by atomic mass is 79.9. The summed E-state index contributed by atoms with van der Waals surface area (Å²) in [7, 11) is 0. The summed E-state index contributed by atoms with van der Waals surface area (Å²) in [6.45, 7) is 0.887. The van der Waals surface area contributed by atoms with Crippen molar-refractivity contribution in [1.82, 2.24) is 0 Å². The summed E-state index contributed by atoms with van der Waals surface area (Å²) in [5, 5.41) is 8.92. The van der Waals surface area contributed by atoms with Gasteiger partial charge in [-0.1, -0.05) is 6.07 Å². The molecule has 0 unspecified atom stereocenters. The van der Waals surface area contributed by atoms with Crippen LogP contribution in [0.4, 0.5) is 0 Å². The van der Waals surface area contributed by atoms with Crippen LogP contribution in [0.1, 0.15) is 18.4 Å². The Bertz CT molecular complexity index is 321. The van der Waals surface area contributed by atoms with Gasteiger partial charge in [0.1, 0.15) is 5.75 Å². The molecule has 0 atom stereocenters. The maximum Gasteiger partial charge on any atom is 0.133 e. The van der Waals surface area contributed by atoms with Crippen molar-refractivity contribution in [2.75, 3.05) is 6.61 Å². The summed E-state index contributed by atoms with van der Waals surface area (Å²) in [4.78, 5) is 0. The molecular formula is C11H13BrO2. The van der Waals surface area contributed by atoms with Crippen LogP contribution >= 0.6 is 15.9 Å². The van der Waals surface area contributed by atoms with E-state index in [4.69, 9.17) is 9.84 Å². The van der Waals surface area contributed by atoms with Gasteiger partial charge in [0.2, 0.25) is 0 Å². The van der Waals surface area contributed by atoms with E-state index in [1.165, 1.54) is 12.8 Å². The standard InChI is InChI=1S/C11H13BrO2/c12-10-5-9(6-13)3-4-11(10)14-7-8-1-2-8/h3-5,8,13H,1-2,6-7H2. The third kappa shape index (κ3) is 2.49. The number of aliphatic hydroxyl groups excluding tert-OH is 1. The van der Waals surface area contributed by atoms with E-state index < -0.39 is 0 Å². The van der Waals surface area contributed by atoms with E-state index in [9.17, 15) is 0 Å². The Morgan fingerprint density at radius 1 is 1.43 bits per heavy atom. The van der Waals surface area contributed by atoms with Crippen molar-refractivity contribution in [2.24, 2.45) is 5.92 Å². The van der Waals surface area contributed by atoms with Gasteiger partial charge in [0.15, 0.2) is 0 Å². The highest BCUT2D eigenvalue weighted by Gasteiger charge is 2.22. The summed E-state index contributed by atoms with van der Waals surface area (Å²) < 4.78 is 6.55. The normalized spacial score (nSPS) is 15.6. The second-order valence-electron chi connectivity index (χ2n) is 3.68. The fourth-order valence-electron chi connectivity index (χ4n) is 1.25. The molecular weight excluding hydrogens is 244 g/mol. The number of hydrogen-bond acceptors (Lipinski definition) is 2. The Hall–Kier alpha value is -0.540. The molecule has 1 aromatic rings. The largest absolute Gasteiger partial charge is 0.492 e. The van der Waals surface area contributed by atoms with Gasteiger partial charge >= 0.3 is 0 Å². The van der Waals surface area contributed by atoms with E-state index in [1.807, 2.05) is 18.2 Å². The van der Waals surface area contributed by atoms with Gasteiger partial charge in [0.25, 0.3) is 0 Å². The average molecular weight is 257 g/mol. The van der Waals surface area contributed by atoms with E-state index in [0.717, 1.165) is 28.3 Å². The minimum absolute atomic E-state index is 0.0709. The van der Waals surface area contributed by atoms with Gasteiger partial charge in [-0.3, -0.25) is 0 Å². The molecule has 1 fully saturated rings. The maximum atomic E-state index is 8.92. The van der Waals surface area contributed by atoms with Crippen LogP contribution in [0.2, 0.25) is 0 Å². The summed E-state index contributed by atoms with van der Waals surface area (Å²) in [6, 6.07) is 5.67. The van der Waals surface area contributed by atoms with Crippen LogP contribution in [-0.4, -0.2) is 11.7 Å². The van der Waals surface area contributed by atoms with Crippen molar-refractivity contribution in [3.8, 4) is 5.75 Å². The minimum Gasteiger partial charge on any atom is -0.492 e. The smallest absolute Gasteiger partial charge is 0.133 e. The molecule has 0 heterocycles. The zero-order valence-electron chi connectivity index (χ0n) is 7.87. The van der Waals surface area contributed by atoms with Crippen LogP contribution in [0, 0.1) is 5.92 Å². The Balaban J connectivity index is 2.01. The number of hydrogen-bond donors (Lipinski definition) is 1. The first-order chi connectivity index (χ1) is 6.79. The molecule has 0 aliphatic heterocycles. The summed E-state index contributed by atoms with van der Waals surface area (Å²) in [6.07, 6.45) is 2.60. The molecule has 0 amide bonds. The molecule has 0 saturated heterocycles. The predicted molar refractivity (Wildman–Crippen MR) is 58.3 cm³/mol. The van der Waals surface area contributed by atoms with Gasteiger partial charge in [0, 0.05) is 0 Å². The van der Waals surface area contributed by atoms with E-state index in [1.54, 1.807) is 0 Å². The molecule has 0 bridgehead atoms. The molecule has 0 spiro atoms. The second-order valence-corrected chi connectivity index (χ2v) is 4.53. The third-order valence-corrected chi connectivity index (χ3v) is 2.97.